The van der Waals surface area contributed by atoms with Gasteiger partial charge in [0.25, 0.3) is 11.7 Å². The van der Waals surface area contributed by atoms with E-state index in [-0.39, 0.29) is 22.6 Å². The highest BCUT2D eigenvalue weighted by Gasteiger charge is 2.46. The first-order chi connectivity index (χ1) is 15.1. The number of carbonyl (C=O) groups excluding carboxylic acids is 2. The Morgan fingerprint density at radius 3 is 2.31 bits per heavy atom. The highest BCUT2D eigenvalue weighted by molar-refractivity contribution is 6.46. The van der Waals surface area contributed by atoms with E-state index < -0.39 is 17.7 Å². The zero-order chi connectivity index (χ0) is 23.6. The van der Waals surface area contributed by atoms with Crippen LogP contribution in [0.1, 0.15) is 34.7 Å². The maximum atomic E-state index is 13.1. The lowest BCUT2D eigenvalue weighted by Gasteiger charge is -2.26. The monoisotopic (exact) mass is 438 g/mol. The fourth-order valence-corrected chi connectivity index (χ4v) is 3.94. The van der Waals surface area contributed by atoms with Crippen LogP contribution in [0.3, 0.4) is 0 Å². The Bertz CT molecular complexity index is 1060. The van der Waals surface area contributed by atoms with Crippen LogP contribution in [0, 0.1) is 13.8 Å². The molecule has 1 unspecified atom stereocenters. The molecule has 2 N–H and O–H groups in total. The van der Waals surface area contributed by atoms with E-state index in [1.807, 2.05) is 32.8 Å². The van der Waals surface area contributed by atoms with Crippen molar-refractivity contribution in [3.63, 3.8) is 0 Å². The summed E-state index contributed by atoms with van der Waals surface area (Å²) < 4.78 is 5.23. The molecule has 0 aromatic heterocycles. The molecule has 1 aliphatic heterocycles. The number of phenolic OH excluding ortho intramolecular Hbond substituents is 1. The Hall–Kier alpha value is -3.32. The first kappa shape index (κ1) is 23.3. The van der Waals surface area contributed by atoms with Gasteiger partial charge in [-0.15, -0.1) is 0 Å². The zero-order valence-corrected chi connectivity index (χ0v) is 19.2. The van der Waals surface area contributed by atoms with E-state index in [0.29, 0.717) is 24.3 Å². The lowest BCUT2D eigenvalue weighted by molar-refractivity contribution is -0.139. The third-order valence-electron chi connectivity index (χ3n) is 5.84. The van der Waals surface area contributed by atoms with Gasteiger partial charge in [0.2, 0.25) is 0 Å². The largest absolute Gasteiger partial charge is 0.507 e. The van der Waals surface area contributed by atoms with Crippen molar-refractivity contribution in [1.29, 1.82) is 0 Å². The van der Waals surface area contributed by atoms with Crippen LogP contribution in [0.4, 0.5) is 0 Å². The first-order valence-corrected chi connectivity index (χ1v) is 10.5. The average Bonchev–Trinajstić information content (AvgIpc) is 3.00. The highest BCUT2D eigenvalue weighted by Crippen LogP contribution is 2.41. The van der Waals surface area contributed by atoms with Crippen molar-refractivity contribution in [1.82, 2.24) is 9.80 Å². The number of rotatable bonds is 7. The average molecular weight is 439 g/mol. The third kappa shape index (κ3) is 4.48. The molecule has 0 bridgehead atoms. The van der Waals surface area contributed by atoms with Gasteiger partial charge in [-0.1, -0.05) is 12.1 Å². The Labute approximate surface area is 188 Å². The molecule has 1 aliphatic rings. The number of benzene rings is 2. The second-order valence-electron chi connectivity index (χ2n) is 8.38. The van der Waals surface area contributed by atoms with Gasteiger partial charge in [0, 0.05) is 6.54 Å². The van der Waals surface area contributed by atoms with Gasteiger partial charge in [0.15, 0.2) is 0 Å². The summed E-state index contributed by atoms with van der Waals surface area (Å²) in [5, 5.41) is 21.6. The van der Waals surface area contributed by atoms with Gasteiger partial charge in [-0.25, -0.2) is 0 Å². The molecule has 0 spiro atoms. The number of hydrogen-bond donors (Lipinski definition) is 2. The summed E-state index contributed by atoms with van der Waals surface area (Å²) in [5.74, 6) is -1.29. The molecule has 1 saturated heterocycles. The van der Waals surface area contributed by atoms with Gasteiger partial charge in [-0.3, -0.25) is 9.59 Å². The molecule has 0 saturated carbocycles. The molecule has 2 aromatic rings. The smallest absolute Gasteiger partial charge is 0.295 e. The third-order valence-corrected chi connectivity index (χ3v) is 5.84. The van der Waals surface area contributed by atoms with Gasteiger partial charge in [0.05, 0.1) is 24.3 Å². The van der Waals surface area contributed by atoms with Crippen LogP contribution in [0.15, 0.2) is 42.0 Å². The summed E-state index contributed by atoms with van der Waals surface area (Å²) in [5.41, 5.74) is 2.50. The van der Waals surface area contributed by atoms with E-state index in [9.17, 15) is 19.8 Å². The van der Waals surface area contributed by atoms with Crippen molar-refractivity contribution in [2.75, 3.05) is 34.3 Å². The highest BCUT2D eigenvalue weighted by atomic mass is 16.5. The van der Waals surface area contributed by atoms with Crippen molar-refractivity contribution < 1.29 is 24.5 Å². The minimum atomic E-state index is -0.760. The second-order valence-corrected chi connectivity index (χ2v) is 8.38. The fraction of sp³-hybridized carbons (Fsp3) is 0.360. The fourth-order valence-electron chi connectivity index (χ4n) is 3.94. The summed E-state index contributed by atoms with van der Waals surface area (Å²) in [6, 6.07) is 9.48. The molecular weight excluding hydrogens is 408 g/mol. The minimum Gasteiger partial charge on any atom is -0.507 e. The van der Waals surface area contributed by atoms with Gasteiger partial charge in [-0.2, -0.15) is 0 Å². The molecule has 3 rings (SSSR count). The van der Waals surface area contributed by atoms with Gasteiger partial charge >= 0.3 is 0 Å². The summed E-state index contributed by atoms with van der Waals surface area (Å²) >= 11 is 0. The zero-order valence-electron chi connectivity index (χ0n) is 19.2. The molecule has 1 atom stereocenters. The molecule has 2 aromatic carbocycles. The van der Waals surface area contributed by atoms with Crippen molar-refractivity contribution in [2.45, 2.75) is 26.3 Å². The topological polar surface area (TPSA) is 90.3 Å². The molecule has 170 valence electrons. The SMILES string of the molecule is COc1ccc(C2C(=C(O)c3cc(C)c(C)cc3O)C(=O)C(=O)N2CCCN(C)C)cc1. The molecule has 1 fully saturated rings. The summed E-state index contributed by atoms with van der Waals surface area (Å²) in [6.07, 6.45) is 0.668. The number of methoxy groups -OCH3 is 1. The molecule has 1 amide bonds. The second kappa shape index (κ2) is 9.44. The Morgan fingerprint density at radius 2 is 1.72 bits per heavy atom. The number of amides is 1. The molecular formula is C25H30N2O5. The van der Waals surface area contributed by atoms with Crippen LogP contribution in [0.25, 0.3) is 5.76 Å². The first-order valence-electron chi connectivity index (χ1n) is 10.5. The number of nitrogens with zero attached hydrogens (tertiary/aromatic N) is 2. The van der Waals surface area contributed by atoms with Crippen molar-refractivity contribution in [3.05, 3.63) is 64.2 Å². The number of aryl methyl sites for hydroxylation is 2. The normalized spacial score (nSPS) is 17.9. The standard InChI is InChI=1S/C25H30N2O5/c1-15-13-19(20(28)14-16(15)2)23(29)21-22(17-7-9-18(32-5)10-8-17)27(25(31)24(21)30)12-6-11-26(3)4/h7-10,13-14,22,28-29H,6,11-12H2,1-5H3. The number of Topliss-reactive ketones (excluding diaryl/α,β-unsaturated/α-hetero) is 1. The number of carbonyl (C=O) groups is 2. The minimum absolute atomic E-state index is 0.0245. The van der Waals surface area contributed by atoms with Crippen LogP contribution in [0.2, 0.25) is 0 Å². The van der Waals surface area contributed by atoms with Crippen molar-refractivity contribution >= 4 is 17.4 Å². The lowest BCUT2D eigenvalue weighted by atomic mass is 9.93. The molecule has 7 nitrogen and oxygen atoms in total. The van der Waals surface area contributed by atoms with Crippen LogP contribution in [0.5, 0.6) is 11.5 Å². The number of likely N-dealkylation sites (tertiary alicyclic amines) is 1. The maximum Gasteiger partial charge on any atom is 0.295 e. The predicted octanol–water partition coefficient (Wildman–Crippen LogP) is 3.39. The number of aromatic hydroxyl groups is 1. The van der Waals surface area contributed by atoms with E-state index in [0.717, 1.165) is 17.7 Å². The van der Waals surface area contributed by atoms with E-state index in [2.05, 4.69) is 0 Å². The Balaban J connectivity index is 2.14. The Morgan fingerprint density at radius 1 is 1.09 bits per heavy atom. The molecule has 0 aliphatic carbocycles. The van der Waals surface area contributed by atoms with Gasteiger partial charge in [-0.05, 0) is 81.9 Å². The van der Waals surface area contributed by atoms with Crippen LogP contribution in [-0.2, 0) is 9.59 Å². The number of hydrogen-bond acceptors (Lipinski definition) is 6. The summed E-state index contributed by atoms with van der Waals surface area (Å²) in [4.78, 5) is 29.5. The van der Waals surface area contributed by atoms with E-state index >= 15 is 0 Å². The number of aliphatic hydroxyl groups is 1. The number of ketones is 1. The van der Waals surface area contributed by atoms with Gasteiger partial charge in [0.1, 0.15) is 17.3 Å². The van der Waals surface area contributed by atoms with Crippen molar-refractivity contribution in [2.24, 2.45) is 0 Å². The molecule has 32 heavy (non-hydrogen) atoms. The molecule has 1 heterocycles. The van der Waals surface area contributed by atoms with Crippen molar-refractivity contribution in [3.8, 4) is 11.5 Å². The quantitative estimate of drug-likeness (QED) is 0.391. The lowest BCUT2D eigenvalue weighted by Crippen LogP contribution is -2.32. The maximum absolute atomic E-state index is 13.1. The van der Waals surface area contributed by atoms with E-state index in [1.165, 1.54) is 4.90 Å². The number of aliphatic hydroxyl groups excluding tert-OH is 1. The number of phenols is 1. The predicted molar refractivity (Wildman–Crippen MR) is 123 cm³/mol. The van der Waals surface area contributed by atoms with Crippen LogP contribution in [-0.4, -0.2) is 66.0 Å². The number of ether oxygens (including phenoxy) is 1. The summed E-state index contributed by atoms with van der Waals surface area (Å²) in [6.45, 7) is 4.80. The van der Waals surface area contributed by atoms with E-state index in [4.69, 9.17) is 4.74 Å². The van der Waals surface area contributed by atoms with Crippen LogP contribution < -0.4 is 4.74 Å². The Kier molecular flexibility index (Phi) is 6.89. The molecule has 0 radical (unpaired) electrons. The van der Waals surface area contributed by atoms with Gasteiger partial charge < -0.3 is 24.7 Å². The van der Waals surface area contributed by atoms with E-state index in [1.54, 1.807) is 43.5 Å². The van der Waals surface area contributed by atoms with Crippen LogP contribution >= 0.6 is 0 Å². The summed E-state index contributed by atoms with van der Waals surface area (Å²) in [7, 11) is 5.44. The molecule has 7 heteroatoms.